The van der Waals surface area contributed by atoms with Crippen molar-refractivity contribution in [3.63, 3.8) is 0 Å². The molecule has 0 aliphatic heterocycles. The SMILES string of the molecule is CCO/C=N/c1snc(CC)c1C#N. The summed E-state index contributed by atoms with van der Waals surface area (Å²) >= 11 is 1.23. The minimum Gasteiger partial charge on any atom is -0.483 e. The molecule has 0 aliphatic carbocycles. The fourth-order valence-corrected chi connectivity index (χ4v) is 1.68. The van der Waals surface area contributed by atoms with Crippen LogP contribution in [0.25, 0.3) is 0 Å². The van der Waals surface area contributed by atoms with E-state index in [0.29, 0.717) is 17.2 Å². The first-order chi connectivity index (χ1) is 6.83. The number of aryl methyl sites for hydroxylation is 1. The Balaban J connectivity index is 2.88. The predicted octanol–water partition coefficient (Wildman–Crippen LogP) is 2.27. The average molecular weight is 209 g/mol. The van der Waals surface area contributed by atoms with Crippen molar-refractivity contribution in [1.29, 1.82) is 5.26 Å². The number of hydrogen-bond donors (Lipinski definition) is 0. The first kappa shape index (κ1) is 10.7. The van der Waals surface area contributed by atoms with Crippen molar-refractivity contribution in [2.75, 3.05) is 6.61 Å². The average Bonchev–Trinajstić information content (AvgIpc) is 2.60. The highest BCUT2D eigenvalue weighted by Crippen LogP contribution is 2.26. The highest BCUT2D eigenvalue weighted by Gasteiger charge is 2.10. The van der Waals surface area contributed by atoms with Gasteiger partial charge in [-0.25, -0.2) is 4.99 Å². The summed E-state index contributed by atoms with van der Waals surface area (Å²) in [7, 11) is 0. The summed E-state index contributed by atoms with van der Waals surface area (Å²) in [5, 5.41) is 9.50. The lowest BCUT2D eigenvalue weighted by Crippen LogP contribution is -1.85. The summed E-state index contributed by atoms with van der Waals surface area (Å²) in [6.07, 6.45) is 2.11. The minimum absolute atomic E-state index is 0.563. The minimum atomic E-state index is 0.563. The topological polar surface area (TPSA) is 58.3 Å². The molecule has 0 aliphatic rings. The Morgan fingerprint density at radius 2 is 2.43 bits per heavy atom. The third-order valence-corrected chi connectivity index (χ3v) is 2.40. The molecule has 0 unspecified atom stereocenters. The maximum Gasteiger partial charge on any atom is 0.175 e. The molecular weight excluding hydrogens is 198 g/mol. The van der Waals surface area contributed by atoms with Gasteiger partial charge in [0.05, 0.1) is 12.3 Å². The Bertz CT molecular complexity index is 365. The van der Waals surface area contributed by atoms with Crippen LogP contribution in [0, 0.1) is 11.3 Å². The molecule has 0 saturated carbocycles. The fraction of sp³-hybridized carbons (Fsp3) is 0.444. The second-order valence-corrected chi connectivity index (χ2v) is 3.22. The third-order valence-electron chi connectivity index (χ3n) is 1.60. The molecule has 1 aromatic heterocycles. The van der Waals surface area contributed by atoms with Crippen molar-refractivity contribution in [2.24, 2.45) is 4.99 Å². The number of aromatic nitrogens is 1. The van der Waals surface area contributed by atoms with Gasteiger partial charge in [0.1, 0.15) is 11.6 Å². The largest absolute Gasteiger partial charge is 0.483 e. The Morgan fingerprint density at radius 1 is 1.64 bits per heavy atom. The van der Waals surface area contributed by atoms with Crippen LogP contribution in [0.5, 0.6) is 0 Å². The van der Waals surface area contributed by atoms with Gasteiger partial charge in [-0.1, -0.05) is 6.92 Å². The van der Waals surface area contributed by atoms with Gasteiger partial charge in [-0.05, 0) is 24.9 Å². The highest BCUT2D eigenvalue weighted by atomic mass is 32.1. The number of nitrogens with zero attached hydrogens (tertiary/aromatic N) is 3. The summed E-state index contributed by atoms with van der Waals surface area (Å²) in [5.74, 6) is 0. The fourth-order valence-electron chi connectivity index (χ4n) is 0.915. The Hall–Kier alpha value is -1.41. The number of aliphatic imine (C=N–C) groups is 1. The molecule has 5 heteroatoms. The maximum atomic E-state index is 8.88. The molecule has 0 atom stereocenters. The van der Waals surface area contributed by atoms with Crippen molar-refractivity contribution >= 4 is 22.9 Å². The second kappa shape index (κ2) is 5.35. The van der Waals surface area contributed by atoms with E-state index in [4.69, 9.17) is 10.00 Å². The van der Waals surface area contributed by atoms with Crippen LogP contribution in [-0.4, -0.2) is 17.4 Å². The lowest BCUT2D eigenvalue weighted by atomic mass is 10.2. The Morgan fingerprint density at radius 3 is 3.00 bits per heavy atom. The van der Waals surface area contributed by atoms with Gasteiger partial charge in [-0.15, -0.1) is 0 Å². The summed E-state index contributed by atoms with van der Waals surface area (Å²) in [5.41, 5.74) is 1.37. The van der Waals surface area contributed by atoms with Gasteiger partial charge in [0.15, 0.2) is 11.4 Å². The number of ether oxygens (including phenoxy) is 1. The zero-order valence-electron chi connectivity index (χ0n) is 8.15. The standard InChI is InChI=1S/C9H11N3OS/c1-3-8-7(5-10)9(14-12-8)11-6-13-4-2/h6H,3-4H2,1-2H3/b11-6+. The van der Waals surface area contributed by atoms with E-state index in [1.165, 1.54) is 17.9 Å². The molecule has 0 fully saturated rings. The van der Waals surface area contributed by atoms with Gasteiger partial charge in [0.25, 0.3) is 0 Å². The van der Waals surface area contributed by atoms with Crippen molar-refractivity contribution < 1.29 is 4.74 Å². The molecule has 0 amide bonds. The molecule has 4 nitrogen and oxygen atoms in total. The smallest absolute Gasteiger partial charge is 0.175 e. The first-order valence-corrected chi connectivity index (χ1v) is 5.13. The van der Waals surface area contributed by atoms with Crippen molar-refractivity contribution in [2.45, 2.75) is 20.3 Å². The number of nitriles is 1. The van der Waals surface area contributed by atoms with Crippen LogP contribution >= 0.6 is 11.5 Å². The first-order valence-electron chi connectivity index (χ1n) is 4.36. The molecule has 0 spiro atoms. The van der Waals surface area contributed by atoms with Gasteiger partial charge in [-0.2, -0.15) is 9.64 Å². The van der Waals surface area contributed by atoms with Gasteiger partial charge < -0.3 is 4.74 Å². The molecular formula is C9H11N3OS. The summed E-state index contributed by atoms with van der Waals surface area (Å²) in [6, 6.07) is 2.10. The van der Waals surface area contributed by atoms with Gasteiger partial charge in [-0.3, -0.25) is 0 Å². The molecule has 0 bridgehead atoms. The molecule has 1 aromatic rings. The van der Waals surface area contributed by atoms with E-state index in [1.54, 1.807) is 0 Å². The Kier molecular flexibility index (Phi) is 4.08. The van der Waals surface area contributed by atoms with Crippen LogP contribution in [0.4, 0.5) is 5.00 Å². The lowest BCUT2D eigenvalue weighted by molar-refractivity contribution is 0.344. The summed E-state index contributed by atoms with van der Waals surface area (Å²) in [4.78, 5) is 4.02. The summed E-state index contributed by atoms with van der Waals surface area (Å²) in [6.45, 7) is 4.41. The molecule has 14 heavy (non-hydrogen) atoms. The third kappa shape index (κ3) is 2.30. The monoisotopic (exact) mass is 209 g/mol. The van der Waals surface area contributed by atoms with E-state index in [0.717, 1.165) is 12.1 Å². The van der Waals surface area contributed by atoms with Crippen LogP contribution in [0.2, 0.25) is 0 Å². The zero-order chi connectivity index (χ0) is 10.4. The number of hydrogen-bond acceptors (Lipinski definition) is 5. The maximum absolute atomic E-state index is 8.88. The molecule has 0 N–H and O–H groups in total. The molecule has 1 rings (SSSR count). The quantitative estimate of drug-likeness (QED) is 0.564. The van der Waals surface area contributed by atoms with Crippen molar-refractivity contribution in [3.05, 3.63) is 11.3 Å². The second-order valence-electron chi connectivity index (χ2n) is 2.46. The van der Waals surface area contributed by atoms with Gasteiger partial charge in [0, 0.05) is 0 Å². The highest BCUT2D eigenvalue weighted by molar-refractivity contribution is 7.10. The van der Waals surface area contributed by atoms with E-state index in [9.17, 15) is 0 Å². The van der Waals surface area contributed by atoms with E-state index in [1.807, 2.05) is 13.8 Å². The molecule has 74 valence electrons. The van der Waals surface area contributed by atoms with Crippen LogP contribution in [0.1, 0.15) is 25.1 Å². The molecule has 0 radical (unpaired) electrons. The van der Waals surface area contributed by atoms with Crippen LogP contribution in [0.3, 0.4) is 0 Å². The van der Waals surface area contributed by atoms with E-state index < -0.39 is 0 Å². The van der Waals surface area contributed by atoms with E-state index in [-0.39, 0.29) is 0 Å². The van der Waals surface area contributed by atoms with Crippen LogP contribution < -0.4 is 0 Å². The van der Waals surface area contributed by atoms with Gasteiger partial charge >= 0.3 is 0 Å². The van der Waals surface area contributed by atoms with Gasteiger partial charge in [0.2, 0.25) is 0 Å². The van der Waals surface area contributed by atoms with Crippen LogP contribution in [-0.2, 0) is 11.2 Å². The molecule has 0 saturated heterocycles. The lowest BCUT2D eigenvalue weighted by Gasteiger charge is -1.91. The van der Waals surface area contributed by atoms with Crippen LogP contribution in [0.15, 0.2) is 4.99 Å². The Labute approximate surface area is 87.0 Å². The number of rotatable bonds is 4. The van der Waals surface area contributed by atoms with Crippen molar-refractivity contribution in [1.82, 2.24) is 4.37 Å². The normalized spacial score (nSPS) is 10.4. The van der Waals surface area contributed by atoms with E-state index in [2.05, 4.69) is 15.4 Å². The van der Waals surface area contributed by atoms with Crippen molar-refractivity contribution in [3.8, 4) is 6.07 Å². The summed E-state index contributed by atoms with van der Waals surface area (Å²) < 4.78 is 9.09. The van der Waals surface area contributed by atoms with E-state index >= 15 is 0 Å². The zero-order valence-corrected chi connectivity index (χ0v) is 8.97. The molecule has 0 aromatic carbocycles. The predicted molar refractivity (Wildman–Crippen MR) is 56.0 cm³/mol. The molecule has 1 heterocycles.